The van der Waals surface area contributed by atoms with Gasteiger partial charge in [-0.3, -0.25) is 4.98 Å². The Labute approximate surface area is 117 Å². The van der Waals surface area contributed by atoms with E-state index in [1.807, 2.05) is 17.5 Å². The first-order chi connectivity index (χ1) is 9.03. The highest BCUT2D eigenvalue weighted by atomic mass is 32.1. The van der Waals surface area contributed by atoms with Crippen LogP contribution in [0.5, 0.6) is 5.88 Å². The van der Waals surface area contributed by atoms with Crippen LogP contribution in [0.3, 0.4) is 0 Å². The highest BCUT2D eigenvalue weighted by molar-refractivity contribution is 7.09. The normalized spacial score (nSPS) is 11.5. The quantitative estimate of drug-likeness (QED) is 0.912. The number of aromatic nitrogens is 2. The van der Waals surface area contributed by atoms with Gasteiger partial charge in [-0.2, -0.15) is 0 Å². The van der Waals surface area contributed by atoms with E-state index in [0.29, 0.717) is 19.0 Å². The summed E-state index contributed by atoms with van der Waals surface area (Å²) in [5.74, 6) is 0.571. The second-order valence-corrected chi connectivity index (χ2v) is 6.35. The van der Waals surface area contributed by atoms with Gasteiger partial charge in [-0.05, 0) is 32.2 Å². The SMILES string of the molecule is CC(C)(C)NCc1cncc(OCc2cccs2)n1. The van der Waals surface area contributed by atoms with Gasteiger partial charge >= 0.3 is 0 Å². The summed E-state index contributed by atoms with van der Waals surface area (Å²) >= 11 is 1.67. The molecular formula is C14H19N3OS. The second-order valence-electron chi connectivity index (χ2n) is 5.32. The van der Waals surface area contributed by atoms with Crippen molar-refractivity contribution in [1.82, 2.24) is 15.3 Å². The molecule has 0 unspecified atom stereocenters. The van der Waals surface area contributed by atoms with Crippen LogP contribution >= 0.6 is 11.3 Å². The predicted molar refractivity (Wildman–Crippen MR) is 77.3 cm³/mol. The zero-order valence-corrected chi connectivity index (χ0v) is 12.3. The van der Waals surface area contributed by atoms with Gasteiger partial charge in [-0.15, -0.1) is 11.3 Å². The molecular weight excluding hydrogens is 258 g/mol. The number of thiophene rings is 1. The van der Waals surface area contributed by atoms with E-state index in [9.17, 15) is 0 Å². The van der Waals surface area contributed by atoms with Gasteiger partial charge in [0.05, 0.1) is 11.9 Å². The molecule has 2 heterocycles. The minimum Gasteiger partial charge on any atom is -0.471 e. The van der Waals surface area contributed by atoms with Crippen LogP contribution in [-0.4, -0.2) is 15.5 Å². The highest BCUT2D eigenvalue weighted by Gasteiger charge is 2.09. The molecule has 102 valence electrons. The van der Waals surface area contributed by atoms with Crippen molar-refractivity contribution in [3.05, 3.63) is 40.5 Å². The third-order valence-corrected chi connectivity index (χ3v) is 3.25. The van der Waals surface area contributed by atoms with Crippen molar-refractivity contribution in [3.8, 4) is 5.88 Å². The summed E-state index contributed by atoms with van der Waals surface area (Å²) in [7, 11) is 0. The number of hydrogen-bond acceptors (Lipinski definition) is 5. The molecule has 0 atom stereocenters. The first kappa shape index (κ1) is 14.0. The molecule has 1 N–H and O–H groups in total. The summed E-state index contributed by atoms with van der Waals surface area (Å²) in [5, 5.41) is 5.41. The van der Waals surface area contributed by atoms with Crippen molar-refractivity contribution < 1.29 is 4.74 Å². The molecule has 0 saturated heterocycles. The summed E-state index contributed by atoms with van der Waals surface area (Å²) in [4.78, 5) is 9.77. The molecule has 19 heavy (non-hydrogen) atoms. The van der Waals surface area contributed by atoms with E-state index in [2.05, 4.69) is 36.1 Å². The molecule has 2 rings (SSSR count). The van der Waals surface area contributed by atoms with Gasteiger partial charge in [-0.1, -0.05) is 6.07 Å². The van der Waals surface area contributed by atoms with E-state index >= 15 is 0 Å². The number of nitrogens with zero attached hydrogens (tertiary/aromatic N) is 2. The summed E-state index contributed by atoms with van der Waals surface area (Å²) in [5.41, 5.74) is 0.953. The topological polar surface area (TPSA) is 47.0 Å². The maximum Gasteiger partial charge on any atom is 0.232 e. The van der Waals surface area contributed by atoms with E-state index < -0.39 is 0 Å². The van der Waals surface area contributed by atoms with Gasteiger partial charge in [-0.25, -0.2) is 4.98 Å². The van der Waals surface area contributed by atoms with E-state index in [1.165, 1.54) is 4.88 Å². The molecule has 0 aromatic carbocycles. The third-order valence-electron chi connectivity index (χ3n) is 2.40. The van der Waals surface area contributed by atoms with Crippen molar-refractivity contribution in [1.29, 1.82) is 0 Å². The third kappa shape index (κ3) is 4.96. The van der Waals surface area contributed by atoms with E-state index in [4.69, 9.17) is 4.74 Å². The van der Waals surface area contributed by atoms with Crippen LogP contribution in [0.1, 0.15) is 31.3 Å². The fourth-order valence-corrected chi connectivity index (χ4v) is 2.05. The molecule has 0 aliphatic rings. The fourth-order valence-electron chi connectivity index (χ4n) is 1.44. The summed E-state index contributed by atoms with van der Waals surface area (Å²) < 4.78 is 5.63. The Morgan fingerprint density at radius 3 is 2.84 bits per heavy atom. The number of ether oxygens (including phenoxy) is 1. The Kier molecular flexibility index (Phi) is 4.50. The Bertz CT molecular complexity index is 506. The van der Waals surface area contributed by atoms with Crippen LogP contribution in [0.4, 0.5) is 0 Å². The zero-order chi connectivity index (χ0) is 13.7. The van der Waals surface area contributed by atoms with Crippen LogP contribution in [0, 0.1) is 0 Å². The number of nitrogens with one attached hydrogen (secondary N) is 1. The lowest BCUT2D eigenvalue weighted by Crippen LogP contribution is -2.35. The average Bonchev–Trinajstić information content (AvgIpc) is 2.87. The largest absolute Gasteiger partial charge is 0.471 e. The minimum absolute atomic E-state index is 0.0650. The fraction of sp³-hybridized carbons (Fsp3) is 0.429. The van der Waals surface area contributed by atoms with E-state index in [0.717, 1.165) is 5.69 Å². The van der Waals surface area contributed by atoms with Gasteiger partial charge in [0.2, 0.25) is 5.88 Å². The second kappa shape index (κ2) is 6.12. The van der Waals surface area contributed by atoms with Crippen molar-refractivity contribution in [2.45, 2.75) is 39.5 Å². The molecule has 0 saturated carbocycles. The lowest BCUT2D eigenvalue weighted by atomic mass is 10.1. The summed E-state index contributed by atoms with van der Waals surface area (Å²) in [6.45, 7) is 7.60. The van der Waals surface area contributed by atoms with Crippen LogP contribution in [0.25, 0.3) is 0 Å². The molecule has 2 aromatic rings. The van der Waals surface area contributed by atoms with Gasteiger partial charge < -0.3 is 10.1 Å². The van der Waals surface area contributed by atoms with Gasteiger partial charge in [0.1, 0.15) is 6.61 Å². The smallest absolute Gasteiger partial charge is 0.232 e. The highest BCUT2D eigenvalue weighted by Crippen LogP contribution is 2.13. The summed E-state index contributed by atoms with van der Waals surface area (Å²) in [6.07, 6.45) is 3.41. The first-order valence-corrected chi connectivity index (χ1v) is 7.12. The van der Waals surface area contributed by atoms with Crippen LogP contribution in [-0.2, 0) is 13.2 Å². The molecule has 0 amide bonds. The Hall–Kier alpha value is -1.46. The van der Waals surface area contributed by atoms with Crippen LogP contribution < -0.4 is 10.1 Å². The monoisotopic (exact) mass is 277 g/mol. The summed E-state index contributed by atoms with van der Waals surface area (Å²) in [6, 6.07) is 4.06. The van der Waals surface area contributed by atoms with Crippen molar-refractivity contribution in [2.24, 2.45) is 0 Å². The Morgan fingerprint density at radius 2 is 2.16 bits per heavy atom. The van der Waals surface area contributed by atoms with Crippen molar-refractivity contribution in [2.75, 3.05) is 0 Å². The van der Waals surface area contributed by atoms with Crippen LogP contribution in [0.2, 0.25) is 0 Å². The molecule has 2 aromatic heterocycles. The van der Waals surface area contributed by atoms with Gasteiger partial charge in [0, 0.05) is 23.2 Å². The molecule has 0 aliphatic carbocycles. The zero-order valence-electron chi connectivity index (χ0n) is 11.5. The van der Waals surface area contributed by atoms with Crippen LogP contribution in [0.15, 0.2) is 29.9 Å². The molecule has 0 aliphatic heterocycles. The maximum absolute atomic E-state index is 5.63. The van der Waals surface area contributed by atoms with Crippen molar-refractivity contribution in [3.63, 3.8) is 0 Å². The van der Waals surface area contributed by atoms with Gasteiger partial charge in [0.15, 0.2) is 0 Å². The van der Waals surface area contributed by atoms with Crippen molar-refractivity contribution >= 4 is 11.3 Å². The minimum atomic E-state index is 0.0650. The Morgan fingerprint density at radius 1 is 1.32 bits per heavy atom. The predicted octanol–water partition coefficient (Wildman–Crippen LogP) is 3.01. The lowest BCUT2D eigenvalue weighted by Gasteiger charge is -2.20. The number of rotatable bonds is 5. The average molecular weight is 277 g/mol. The molecule has 0 bridgehead atoms. The molecule has 0 radical (unpaired) electrons. The molecule has 0 fully saturated rings. The number of hydrogen-bond donors (Lipinski definition) is 1. The standard InChI is InChI=1S/C14H19N3OS/c1-14(2,3)16-8-11-7-15-9-13(17-11)18-10-12-5-4-6-19-12/h4-7,9,16H,8,10H2,1-3H3. The molecule has 0 spiro atoms. The molecule has 5 heteroatoms. The van der Waals surface area contributed by atoms with Gasteiger partial charge in [0.25, 0.3) is 0 Å². The first-order valence-electron chi connectivity index (χ1n) is 6.24. The van der Waals surface area contributed by atoms with E-state index in [1.54, 1.807) is 23.7 Å². The maximum atomic E-state index is 5.63. The Balaban J connectivity index is 1.91. The van der Waals surface area contributed by atoms with E-state index in [-0.39, 0.29) is 5.54 Å². The molecule has 4 nitrogen and oxygen atoms in total. The lowest BCUT2D eigenvalue weighted by molar-refractivity contribution is 0.294.